The zero-order valence-electron chi connectivity index (χ0n) is 12.6. The first-order chi connectivity index (χ1) is 10.9. The van der Waals surface area contributed by atoms with Crippen molar-refractivity contribution >= 4 is 29.8 Å². The van der Waals surface area contributed by atoms with Crippen molar-refractivity contribution in [3.8, 4) is 0 Å². The van der Waals surface area contributed by atoms with Gasteiger partial charge < -0.3 is 26.7 Å². The number of amides is 1. The first kappa shape index (κ1) is 18.1. The van der Waals surface area contributed by atoms with Crippen molar-refractivity contribution in [2.75, 3.05) is 0 Å². The Balaban J connectivity index is 2.38. The van der Waals surface area contributed by atoms with E-state index < -0.39 is 18.4 Å². The van der Waals surface area contributed by atoms with Gasteiger partial charge in [-0.25, -0.2) is 4.99 Å². The Bertz CT molecular complexity index is 580. The van der Waals surface area contributed by atoms with Gasteiger partial charge in [-0.1, -0.05) is 12.1 Å². The van der Waals surface area contributed by atoms with E-state index in [-0.39, 0.29) is 18.3 Å². The second-order valence-electron chi connectivity index (χ2n) is 4.96. The van der Waals surface area contributed by atoms with Gasteiger partial charge in [0.1, 0.15) is 6.29 Å². The molecule has 0 saturated heterocycles. The van der Waals surface area contributed by atoms with Crippen LogP contribution in [-0.2, 0) is 20.8 Å². The summed E-state index contributed by atoms with van der Waals surface area (Å²) in [5.41, 5.74) is 12.2. The first-order valence-electron chi connectivity index (χ1n) is 7.05. The summed E-state index contributed by atoms with van der Waals surface area (Å²) in [6, 6.07) is 6.27. The van der Waals surface area contributed by atoms with Crippen molar-refractivity contribution in [1.82, 2.24) is 5.32 Å². The lowest BCUT2D eigenvalue weighted by Gasteiger charge is -2.10. The van der Waals surface area contributed by atoms with E-state index in [4.69, 9.17) is 16.6 Å². The van der Waals surface area contributed by atoms with Gasteiger partial charge in [0.2, 0.25) is 5.91 Å². The van der Waals surface area contributed by atoms with Crippen LogP contribution in [0.1, 0.15) is 24.8 Å². The molecule has 1 aromatic carbocycles. The van der Waals surface area contributed by atoms with Crippen LogP contribution in [0.3, 0.4) is 0 Å². The number of aryl methyl sites for hydroxylation is 1. The van der Waals surface area contributed by atoms with E-state index in [1.807, 2.05) is 12.1 Å². The Morgan fingerprint density at radius 1 is 1.26 bits per heavy atom. The average Bonchev–Trinajstić information content (AvgIpc) is 2.47. The largest absolute Gasteiger partial charge is 0.481 e. The van der Waals surface area contributed by atoms with Crippen LogP contribution in [0.4, 0.5) is 5.69 Å². The summed E-state index contributed by atoms with van der Waals surface area (Å²) in [5, 5.41) is 11.0. The molecule has 0 spiro atoms. The third kappa shape index (κ3) is 7.60. The molecule has 0 aliphatic heterocycles. The van der Waals surface area contributed by atoms with Gasteiger partial charge in [-0.15, -0.1) is 0 Å². The quantitative estimate of drug-likeness (QED) is 0.287. The number of nitrogens with one attached hydrogen (secondary N) is 1. The summed E-state index contributed by atoms with van der Waals surface area (Å²) in [7, 11) is 0. The fourth-order valence-corrected chi connectivity index (χ4v) is 1.94. The van der Waals surface area contributed by atoms with Gasteiger partial charge >= 0.3 is 5.97 Å². The number of aldehydes is 1. The fourth-order valence-electron chi connectivity index (χ4n) is 1.94. The van der Waals surface area contributed by atoms with Crippen LogP contribution in [0.5, 0.6) is 0 Å². The number of aliphatic carboxylic acids is 1. The van der Waals surface area contributed by atoms with Gasteiger partial charge in [0.05, 0.1) is 18.2 Å². The molecule has 1 aromatic rings. The summed E-state index contributed by atoms with van der Waals surface area (Å²) < 4.78 is 0. The normalized spacial score (nSPS) is 11.3. The van der Waals surface area contributed by atoms with Crippen molar-refractivity contribution in [2.45, 2.75) is 31.7 Å². The minimum Gasteiger partial charge on any atom is -0.481 e. The minimum atomic E-state index is -1.14. The molecule has 0 unspecified atom stereocenters. The van der Waals surface area contributed by atoms with Crippen molar-refractivity contribution < 1.29 is 19.5 Å². The summed E-state index contributed by atoms with van der Waals surface area (Å²) in [4.78, 5) is 36.7. The topological polar surface area (TPSA) is 148 Å². The molecule has 0 aliphatic rings. The summed E-state index contributed by atoms with van der Waals surface area (Å²) >= 11 is 0. The molecule has 0 aliphatic carbocycles. The lowest BCUT2D eigenvalue weighted by molar-refractivity contribution is -0.138. The van der Waals surface area contributed by atoms with E-state index >= 15 is 0 Å². The van der Waals surface area contributed by atoms with E-state index in [1.165, 1.54) is 0 Å². The molecule has 1 rings (SSSR count). The smallest absolute Gasteiger partial charge is 0.305 e. The number of carbonyl (C=O) groups excluding carboxylic acids is 2. The predicted octanol–water partition coefficient (Wildman–Crippen LogP) is 0.0726. The molecule has 0 radical (unpaired) electrons. The number of carboxylic acid groups (broad SMARTS) is 1. The number of nitrogens with zero attached hydrogens (tertiary/aromatic N) is 1. The van der Waals surface area contributed by atoms with Gasteiger partial charge in [0, 0.05) is 6.42 Å². The Hall–Kier alpha value is -2.90. The summed E-state index contributed by atoms with van der Waals surface area (Å²) in [6.45, 7) is 0. The molecule has 0 fully saturated rings. The molecule has 1 atom stereocenters. The van der Waals surface area contributed by atoms with Crippen LogP contribution >= 0.6 is 0 Å². The standard InChI is InChI=1S/C15H20N4O4/c16-15(17)19-11-6-4-10(5-7-11)2-1-3-13(21)18-12(9-20)8-14(22)23/h4-7,9,12H,1-3,8H2,(H,18,21)(H,22,23)(H4,16,17,19)/t12-/m0/s1. The number of carboxylic acids is 1. The maximum Gasteiger partial charge on any atom is 0.305 e. The van der Waals surface area contributed by atoms with Crippen LogP contribution < -0.4 is 16.8 Å². The van der Waals surface area contributed by atoms with Gasteiger partial charge in [0.25, 0.3) is 0 Å². The molecule has 124 valence electrons. The van der Waals surface area contributed by atoms with Gasteiger partial charge in [-0.3, -0.25) is 9.59 Å². The van der Waals surface area contributed by atoms with E-state index in [2.05, 4.69) is 10.3 Å². The zero-order valence-corrected chi connectivity index (χ0v) is 12.6. The molecule has 8 nitrogen and oxygen atoms in total. The van der Waals surface area contributed by atoms with Crippen molar-refractivity contribution in [3.63, 3.8) is 0 Å². The SMILES string of the molecule is NC(N)=Nc1ccc(CCCC(=O)N[C@H](C=O)CC(=O)O)cc1. The molecule has 0 aromatic heterocycles. The maximum absolute atomic E-state index is 11.7. The van der Waals surface area contributed by atoms with Crippen LogP contribution in [0, 0.1) is 0 Å². The van der Waals surface area contributed by atoms with E-state index in [0.29, 0.717) is 24.8 Å². The number of hydrogen-bond acceptors (Lipinski definition) is 4. The lowest BCUT2D eigenvalue weighted by atomic mass is 10.1. The Morgan fingerprint density at radius 3 is 2.43 bits per heavy atom. The number of guanidine groups is 1. The number of aliphatic imine (C=N–C) groups is 1. The first-order valence-corrected chi connectivity index (χ1v) is 7.05. The van der Waals surface area contributed by atoms with E-state index in [9.17, 15) is 14.4 Å². The van der Waals surface area contributed by atoms with Crippen molar-refractivity contribution in [3.05, 3.63) is 29.8 Å². The molecule has 23 heavy (non-hydrogen) atoms. The third-order valence-electron chi connectivity index (χ3n) is 2.97. The molecule has 0 bridgehead atoms. The van der Waals surface area contributed by atoms with Crippen LogP contribution in [0.25, 0.3) is 0 Å². The lowest BCUT2D eigenvalue weighted by Crippen LogP contribution is -2.37. The Morgan fingerprint density at radius 2 is 1.91 bits per heavy atom. The Kier molecular flexibility index (Phi) is 7.25. The highest BCUT2D eigenvalue weighted by Gasteiger charge is 2.14. The van der Waals surface area contributed by atoms with E-state index in [1.54, 1.807) is 12.1 Å². The van der Waals surface area contributed by atoms with Crippen molar-refractivity contribution in [1.29, 1.82) is 0 Å². The molecular formula is C15H20N4O4. The summed E-state index contributed by atoms with van der Waals surface area (Å²) in [6.07, 6.45) is 1.46. The number of nitrogens with two attached hydrogens (primary N) is 2. The zero-order chi connectivity index (χ0) is 17.2. The molecule has 8 heteroatoms. The van der Waals surface area contributed by atoms with E-state index in [0.717, 1.165) is 5.56 Å². The maximum atomic E-state index is 11.7. The van der Waals surface area contributed by atoms with Crippen LogP contribution in [0.2, 0.25) is 0 Å². The minimum absolute atomic E-state index is 0.0134. The van der Waals surface area contributed by atoms with Crippen LogP contribution in [0.15, 0.2) is 29.3 Å². The molecule has 0 saturated carbocycles. The average molecular weight is 320 g/mol. The van der Waals surface area contributed by atoms with Gasteiger partial charge in [0.15, 0.2) is 5.96 Å². The third-order valence-corrected chi connectivity index (χ3v) is 2.97. The number of benzene rings is 1. The number of hydrogen-bond donors (Lipinski definition) is 4. The second kappa shape index (κ2) is 9.19. The fraction of sp³-hybridized carbons (Fsp3) is 0.333. The monoisotopic (exact) mass is 320 g/mol. The second-order valence-corrected chi connectivity index (χ2v) is 4.96. The molecular weight excluding hydrogens is 300 g/mol. The van der Waals surface area contributed by atoms with Gasteiger partial charge in [-0.2, -0.15) is 0 Å². The highest BCUT2D eigenvalue weighted by Crippen LogP contribution is 2.14. The molecule has 6 N–H and O–H groups in total. The number of carbonyl (C=O) groups is 3. The molecule has 1 amide bonds. The number of rotatable bonds is 9. The highest BCUT2D eigenvalue weighted by molar-refractivity contribution is 5.82. The predicted molar refractivity (Wildman–Crippen MR) is 85.1 cm³/mol. The Labute approximate surface area is 133 Å². The molecule has 0 heterocycles. The van der Waals surface area contributed by atoms with Crippen molar-refractivity contribution in [2.24, 2.45) is 16.5 Å². The summed E-state index contributed by atoms with van der Waals surface area (Å²) in [5.74, 6) is -1.50. The van der Waals surface area contributed by atoms with Crippen LogP contribution in [-0.4, -0.2) is 35.3 Å². The van der Waals surface area contributed by atoms with Gasteiger partial charge in [-0.05, 0) is 30.5 Å². The highest BCUT2D eigenvalue weighted by atomic mass is 16.4.